The fourth-order valence-corrected chi connectivity index (χ4v) is 1.59. The zero-order valence-corrected chi connectivity index (χ0v) is 7.27. The van der Waals surface area contributed by atoms with Gasteiger partial charge in [-0.1, -0.05) is 6.07 Å². The van der Waals surface area contributed by atoms with Gasteiger partial charge in [0.15, 0.2) is 5.95 Å². The zero-order chi connectivity index (χ0) is 8.23. The molecule has 0 unspecified atom stereocenters. The molecule has 0 aliphatic rings. The molecule has 12 heavy (non-hydrogen) atoms. The molecule has 2 rings (SSSR count). The summed E-state index contributed by atoms with van der Waals surface area (Å²) in [4.78, 5) is 8.35. The van der Waals surface area contributed by atoms with Crippen LogP contribution in [0.1, 0.15) is 4.88 Å². The number of hydrogen-bond acceptors (Lipinski definition) is 3. The lowest BCUT2D eigenvalue weighted by molar-refractivity contribution is 1.12. The summed E-state index contributed by atoms with van der Waals surface area (Å²) in [7, 11) is 0. The molecule has 2 heterocycles. The molecular formula is C8H9N3S. The van der Waals surface area contributed by atoms with Crippen LogP contribution in [-0.4, -0.2) is 9.97 Å². The van der Waals surface area contributed by atoms with E-state index in [1.165, 1.54) is 4.88 Å². The minimum absolute atomic E-state index is 0.823. The van der Waals surface area contributed by atoms with Gasteiger partial charge in [0.1, 0.15) is 0 Å². The highest BCUT2D eigenvalue weighted by atomic mass is 32.1. The Kier molecular flexibility index (Phi) is 2.09. The lowest BCUT2D eigenvalue weighted by Gasteiger charge is -1.98. The van der Waals surface area contributed by atoms with Gasteiger partial charge < -0.3 is 10.3 Å². The first-order valence-corrected chi connectivity index (χ1v) is 4.59. The van der Waals surface area contributed by atoms with E-state index in [0.29, 0.717) is 0 Å². The Labute approximate surface area is 74.5 Å². The Morgan fingerprint density at radius 1 is 1.58 bits per heavy atom. The van der Waals surface area contributed by atoms with Crippen LogP contribution in [0.5, 0.6) is 0 Å². The van der Waals surface area contributed by atoms with Crippen molar-refractivity contribution in [1.82, 2.24) is 9.97 Å². The second kappa shape index (κ2) is 3.40. The molecule has 0 aromatic carbocycles. The topological polar surface area (TPSA) is 40.7 Å². The number of aromatic nitrogens is 2. The molecule has 0 saturated heterocycles. The molecule has 0 saturated carbocycles. The van der Waals surface area contributed by atoms with Crippen LogP contribution in [-0.2, 0) is 6.54 Å². The molecule has 0 aliphatic heterocycles. The summed E-state index contributed by atoms with van der Waals surface area (Å²) in [5.74, 6) is 0.823. The van der Waals surface area contributed by atoms with Crippen LogP contribution >= 0.6 is 11.3 Å². The van der Waals surface area contributed by atoms with E-state index in [0.717, 1.165) is 12.5 Å². The van der Waals surface area contributed by atoms with Gasteiger partial charge in [-0.05, 0) is 11.4 Å². The number of H-pyrrole nitrogens is 1. The first kappa shape index (κ1) is 7.36. The van der Waals surface area contributed by atoms with Gasteiger partial charge in [0.05, 0.1) is 6.54 Å². The highest BCUT2D eigenvalue weighted by Crippen LogP contribution is 2.09. The Bertz CT molecular complexity index is 278. The van der Waals surface area contributed by atoms with E-state index in [4.69, 9.17) is 0 Å². The largest absolute Gasteiger partial charge is 0.351 e. The molecule has 0 aliphatic carbocycles. The number of anilines is 1. The van der Waals surface area contributed by atoms with Crippen molar-refractivity contribution in [2.24, 2.45) is 0 Å². The first-order valence-electron chi connectivity index (χ1n) is 3.71. The molecule has 0 atom stereocenters. The summed E-state index contributed by atoms with van der Waals surface area (Å²) >= 11 is 1.74. The van der Waals surface area contributed by atoms with Crippen LogP contribution in [0, 0.1) is 0 Å². The predicted octanol–water partition coefficient (Wildman–Crippen LogP) is 2.08. The van der Waals surface area contributed by atoms with Crippen molar-refractivity contribution in [3.8, 4) is 0 Å². The van der Waals surface area contributed by atoms with E-state index in [1.54, 1.807) is 23.7 Å². The summed E-state index contributed by atoms with van der Waals surface area (Å²) in [6.07, 6.45) is 3.54. The van der Waals surface area contributed by atoms with Crippen molar-refractivity contribution in [1.29, 1.82) is 0 Å². The number of hydrogen-bond donors (Lipinski definition) is 2. The molecule has 0 amide bonds. The van der Waals surface area contributed by atoms with Gasteiger partial charge in [0.2, 0.25) is 0 Å². The van der Waals surface area contributed by atoms with Gasteiger partial charge >= 0.3 is 0 Å². The van der Waals surface area contributed by atoms with Crippen LogP contribution in [0.2, 0.25) is 0 Å². The number of nitrogens with zero attached hydrogens (tertiary/aromatic N) is 1. The van der Waals surface area contributed by atoms with E-state index >= 15 is 0 Å². The predicted molar refractivity (Wildman–Crippen MR) is 50.2 cm³/mol. The fourth-order valence-electron chi connectivity index (χ4n) is 0.946. The van der Waals surface area contributed by atoms with E-state index in [1.807, 2.05) is 6.07 Å². The third-order valence-electron chi connectivity index (χ3n) is 1.51. The van der Waals surface area contributed by atoms with E-state index in [2.05, 4.69) is 26.7 Å². The fraction of sp³-hybridized carbons (Fsp3) is 0.125. The summed E-state index contributed by atoms with van der Waals surface area (Å²) in [5.41, 5.74) is 0. The van der Waals surface area contributed by atoms with Crippen molar-refractivity contribution >= 4 is 17.3 Å². The Morgan fingerprint density at radius 2 is 2.58 bits per heavy atom. The maximum Gasteiger partial charge on any atom is 0.200 e. The molecule has 2 aromatic heterocycles. The normalized spacial score (nSPS) is 10.0. The maximum atomic E-state index is 4.05. The van der Waals surface area contributed by atoms with E-state index in [-0.39, 0.29) is 0 Å². The Hall–Kier alpha value is -1.29. The molecule has 2 aromatic rings. The van der Waals surface area contributed by atoms with Crippen LogP contribution < -0.4 is 5.32 Å². The van der Waals surface area contributed by atoms with Crippen molar-refractivity contribution in [2.75, 3.05) is 5.32 Å². The second-order valence-corrected chi connectivity index (χ2v) is 3.40. The Balaban J connectivity index is 1.91. The number of rotatable bonds is 3. The minimum Gasteiger partial charge on any atom is -0.351 e. The maximum absolute atomic E-state index is 4.05. The molecule has 2 N–H and O–H groups in total. The molecule has 3 nitrogen and oxygen atoms in total. The molecule has 62 valence electrons. The third kappa shape index (κ3) is 1.65. The van der Waals surface area contributed by atoms with Gasteiger partial charge in [0.25, 0.3) is 0 Å². The molecule has 0 spiro atoms. The quantitative estimate of drug-likeness (QED) is 0.757. The average Bonchev–Trinajstić information content (AvgIpc) is 2.74. The van der Waals surface area contributed by atoms with Gasteiger partial charge in [-0.15, -0.1) is 11.3 Å². The summed E-state index contributed by atoms with van der Waals surface area (Å²) < 4.78 is 0. The van der Waals surface area contributed by atoms with Crippen LogP contribution in [0.4, 0.5) is 5.95 Å². The van der Waals surface area contributed by atoms with Gasteiger partial charge in [-0.25, -0.2) is 4.98 Å². The van der Waals surface area contributed by atoms with Gasteiger partial charge in [-0.2, -0.15) is 0 Å². The molecular weight excluding hydrogens is 170 g/mol. The summed E-state index contributed by atoms with van der Waals surface area (Å²) in [6.45, 7) is 0.838. The first-order chi connectivity index (χ1) is 5.95. The van der Waals surface area contributed by atoms with Crippen molar-refractivity contribution in [2.45, 2.75) is 6.54 Å². The highest BCUT2D eigenvalue weighted by molar-refractivity contribution is 7.09. The molecule has 4 heteroatoms. The monoisotopic (exact) mass is 179 g/mol. The third-order valence-corrected chi connectivity index (χ3v) is 2.38. The zero-order valence-electron chi connectivity index (χ0n) is 6.45. The SMILES string of the molecule is c1csc(CNc2ncc[nH]2)c1. The smallest absolute Gasteiger partial charge is 0.200 e. The van der Waals surface area contributed by atoms with Crippen molar-refractivity contribution in [3.63, 3.8) is 0 Å². The van der Waals surface area contributed by atoms with Crippen LogP contribution in [0.25, 0.3) is 0 Å². The van der Waals surface area contributed by atoms with E-state index < -0.39 is 0 Å². The van der Waals surface area contributed by atoms with Gasteiger partial charge in [-0.3, -0.25) is 0 Å². The lowest BCUT2D eigenvalue weighted by atomic mass is 10.5. The second-order valence-electron chi connectivity index (χ2n) is 2.37. The molecule has 0 radical (unpaired) electrons. The molecule has 0 bridgehead atoms. The average molecular weight is 179 g/mol. The number of thiophene rings is 1. The van der Waals surface area contributed by atoms with E-state index in [9.17, 15) is 0 Å². The van der Waals surface area contributed by atoms with Gasteiger partial charge in [0, 0.05) is 17.3 Å². The van der Waals surface area contributed by atoms with Crippen LogP contribution in [0.3, 0.4) is 0 Å². The van der Waals surface area contributed by atoms with Crippen LogP contribution in [0.15, 0.2) is 29.9 Å². The molecule has 0 fully saturated rings. The summed E-state index contributed by atoms with van der Waals surface area (Å²) in [5, 5.41) is 5.24. The minimum atomic E-state index is 0.823. The summed E-state index contributed by atoms with van der Waals surface area (Å²) in [6, 6.07) is 4.14. The van der Waals surface area contributed by atoms with Crippen molar-refractivity contribution in [3.05, 3.63) is 34.8 Å². The number of aromatic amines is 1. The number of imidazole rings is 1. The lowest BCUT2D eigenvalue weighted by Crippen LogP contribution is -1.98. The Morgan fingerprint density at radius 3 is 3.25 bits per heavy atom. The highest BCUT2D eigenvalue weighted by Gasteiger charge is 1.94. The number of nitrogens with one attached hydrogen (secondary N) is 2. The standard InChI is InChI=1S/C8H9N3S/c1-2-7(12-5-1)6-11-8-9-3-4-10-8/h1-5H,6H2,(H2,9,10,11). The van der Waals surface area contributed by atoms with Crippen molar-refractivity contribution < 1.29 is 0 Å².